The van der Waals surface area contributed by atoms with Crippen LogP contribution in [-0.2, 0) is 4.74 Å². The Morgan fingerprint density at radius 2 is 2.00 bits per heavy atom. The number of rotatable bonds is 4. The second-order valence-electron chi connectivity index (χ2n) is 2.48. The Kier molecular flexibility index (Phi) is 5.41. The van der Waals surface area contributed by atoms with E-state index in [0.717, 1.165) is 0 Å². The lowest BCUT2D eigenvalue weighted by molar-refractivity contribution is 0.0211. The molecule has 0 heterocycles. The highest BCUT2D eigenvalue weighted by Gasteiger charge is 2.15. The number of ether oxygens (including phenoxy) is 1. The van der Waals surface area contributed by atoms with E-state index in [-0.39, 0.29) is 0 Å². The van der Waals surface area contributed by atoms with E-state index in [1.54, 1.807) is 12.2 Å². The van der Waals surface area contributed by atoms with Crippen molar-refractivity contribution in [3.8, 4) is 0 Å². The largest absolute Gasteiger partial charge is 0.498 e. The zero-order chi connectivity index (χ0) is 9.56. The number of hydrogen-bond donors (Lipinski definition) is 2. The van der Waals surface area contributed by atoms with Crippen LogP contribution in [0.25, 0.3) is 0 Å². The molecule has 0 amide bonds. The van der Waals surface area contributed by atoms with Gasteiger partial charge in [-0.3, -0.25) is 0 Å². The molecule has 0 aromatic rings. The molecule has 3 heteroatoms. The van der Waals surface area contributed by atoms with Crippen LogP contribution in [0.4, 0.5) is 0 Å². The Morgan fingerprint density at radius 1 is 1.42 bits per heavy atom. The maximum Gasteiger partial charge on any atom is 0.136 e. The van der Waals surface area contributed by atoms with Gasteiger partial charge in [-0.05, 0) is 19.9 Å². The zero-order valence-electron chi connectivity index (χ0n) is 7.69. The number of aliphatic hydroxyl groups is 2. The van der Waals surface area contributed by atoms with Crippen molar-refractivity contribution in [2.45, 2.75) is 26.1 Å². The third kappa shape index (κ3) is 3.55. The molecule has 0 aliphatic carbocycles. The van der Waals surface area contributed by atoms with Gasteiger partial charge in [-0.1, -0.05) is 12.2 Å². The molecule has 0 saturated carbocycles. The number of aliphatic hydroxyl groups excluding tert-OH is 2. The monoisotopic (exact) mass is 172 g/mol. The van der Waals surface area contributed by atoms with Crippen molar-refractivity contribution in [2.24, 2.45) is 0 Å². The highest BCUT2D eigenvalue weighted by molar-refractivity contribution is 5.11. The summed E-state index contributed by atoms with van der Waals surface area (Å²) in [4.78, 5) is 0. The third-order valence-corrected chi connectivity index (χ3v) is 1.44. The fraction of sp³-hybridized carbons (Fsp3) is 0.556. The first-order chi connectivity index (χ1) is 5.63. The molecular weight excluding hydrogens is 156 g/mol. The van der Waals surface area contributed by atoms with Crippen LogP contribution in [0.3, 0.4) is 0 Å². The highest BCUT2D eigenvalue weighted by Crippen LogP contribution is 2.07. The van der Waals surface area contributed by atoms with E-state index < -0.39 is 12.2 Å². The molecule has 0 aromatic carbocycles. The van der Waals surface area contributed by atoms with Crippen LogP contribution >= 0.6 is 0 Å². The minimum atomic E-state index is -0.953. The van der Waals surface area contributed by atoms with Gasteiger partial charge in [-0.25, -0.2) is 0 Å². The SMILES string of the molecule is C/C=C/C=C(/OC)[C@H](O)[C@H](C)O. The predicted molar refractivity (Wildman–Crippen MR) is 47.6 cm³/mol. The second kappa shape index (κ2) is 5.80. The summed E-state index contributed by atoms with van der Waals surface area (Å²) in [6.07, 6.45) is 3.41. The summed E-state index contributed by atoms with van der Waals surface area (Å²) < 4.78 is 4.88. The van der Waals surface area contributed by atoms with Crippen molar-refractivity contribution >= 4 is 0 Å². The molecule has 0 spiro atoms. The molecule has 0 fully saturated rings. The van der Waals surface area contributed by atoms with E-state index in [0.29, 0.717) is 5.76 Å². The normalized spacial score (nSPS) is 17.9. The predicted octanol–water partition coefficient (Wildman–Crippen LogP) is 0.835. The van der Waals surface area contributed by atoms with Gasteiger partial charge in [-0.2, -0.15) is 0 Å². The Morgan fingerprint density at radius 3 is 2.33 bits per heavy atom. The molecule has 0 rings (SSSR count). The van der Waals surface area contributed by atoms with E-state index in [1.807, 2.05) is 13.0 Å². The van der Waals surface area contributed by atoms with Crippen LogP contribution in [-0.4, -0.2) is 29.5 Å². The molecule has 70 valence electrons. The topological polar surface area (TPSA) is 49.7 Å². The Hall–Kier alpha value is -0.800. The van der Waals surface area contributed by atoms with Crippen molar-refractivity contribution in [3.63, 3.8) is 0 Å². The molecule has 2 N–H and O–H groups in total. The van der Waals surface area contributed by atoms with Crippen molar-refractivity contribution in [1.29, 1.82) is 0 Å². The standard InChI is InChI=1S/C9H16O3/c1-4-5-6-8(12-3)9(11)7(2)10/h4-7,9-11H,1-3H3/b5-4+,8-6+/t7-,9+/m0/s1. The summed E-state index contributed by atoms with van der Waals surface area (Å²) >= 11 is 0. The minimum absolute atomic E-state index is 0.364. The molecule has 0 saturated heterocycles. The summed E-state index contributed by atoms with van der Waals surface area (Å²) in [6, 6.07) is 0. The van der Waals surface area contributed by atoms with Gasteiger partial charge in [0, 0.05) is 0 Å². The Bertz CT molecular complexity index is 171. The highest BCUT2D eigenvalue weighted by atomic mass is 16.5. The maximum absolute atomic E-state index is 9.34. The molecule has 12 heavy (non-hydrogen) atoms. The molecular formula is C9H16O3. The van der Waals surface area contributed by atoms with Crippen LogP contribution in [0.5, 0.6) is 0 Å². The maximum atomic E-state index is 9.34. The van der Waals surface area contributed by atoms with E-state index >= 15 is 0 Å². The van der Waals surface area contributed by atoms with E-state index in [9.17, 15) is 5.11 Å². The van der Waals surface area contributed by atoms with Crippen molar-refractivity contribution < 1.29 is 14.9 Å². The molecule has 0 bridgehead atoms. The number of methoxy groups -OCH3 is 1. The van der Waals surface area contributed by atoms with Gasteiger partial charge < -0.3 is 14.9 Å². The summed E-state index contributed by atoms with van der Waals surface area (Å²) in [5, 5.41) is 18.4. The fourth-order valence-corrected chi connectivity index (χ4v) is 0.716. The first-order valence-corrected chi connectivity index (χ1v) is 3.86. The van der Waals surface area contributed by atoms with Gasteiger partial charge in [0.1, 0.15) is 11.9 Å². The average molecular weight is 172 g/mol. The van der Waals surface area contributed by atoms with Crippen molar-refractivity contribution in [2.75, 3.05) is 7.11 Å². The molecule has 0 aromatic heterocycles. The molecule has 0 radical (unpaired) electrons. The van der Waals surface area contributed by atoms with Gasteiger partial charge in [-0.15, -0.1) is 0 Å². The van der Waals surface area contributed by atoms with Gasteiger partial charge in [0.2, 0.25) is 0 Å². The minimum Gasteiger partial charge on any atom is -0.498 e. The average Bonchev–Trinajstić information content (AvgIpc) is 2.05. The summed E-state index contributed by atoms with van der Waals surface area (Å²) in [7, 11) is 1.46. The van der Waals surface area contributed by atoms with Crippen LogP contribution in [0.1, 0.15) is 13.8 Å². The third-order valence-electron chi connectivity index (χ3n) is 1.44. The smallest absolute Gasteiger partial charge is 0.136 e. The van der Waals surface area contributed by atoms with Crippen LogP contribution in [0, 0.1) is 0 Å². The summed E-state index contributed by atoms with van der Waals surface area (Å²) in [5.74, 6) is 0.364. The Labute approximate surface area is 73.0 Å². The molecule has 0 unspecified atom stereocenters. The second-order valence-corrected chi connectivity index (χ2v) is 2.48. The van der Waals surface area contributed by atoms with Crippen LogP contribution in [0.15, 0.2) is 24.0 Å². The van der Waals surface area contributed by atoms with Crippen molar-refractivity contribution in [1.82, 2.24) is 0 Å². The molecule has 0 aliphatic heterocycles. The number of hydrogen-bond acceptors (Lipinski definition) is 3. The van der Waals surface area contributed by atoms with E-state index in [2.05, 4.69) is 0 Å². The summed E-state index contributed by atoms with van der Waals surface area (Å²) in [6.45, 7) is 3.37. The van der Waals surface area contributed by atoms with Gasteiger partial charge in [0.05, 0.1) is 13.2 Å². The molecule has 2 atom stereocenters. The lowest BCUT2D eigenvalue weighted by Crippen LogP contribution is -2.25. The van der Waals surface area contributed by atoms with Crippen molar-refractivity contribution in [3.05, 3.63) is 24.0 Å². The Balaban J connectivity index is 4.33. The number of allylic oxidation sites excluding steroid dienone is 3. The summed E-state index contributed by atoms with van der Waals surface area (Å²) in [5.41, 5.74) is 0. The zero-order valence-corrected chi connectivity index (χ0v) is 7.69. The van der Waals surface area contributed by atoms with Crippen LogP contribution < -0.4 is 0 Å². The first kappa shape index (κ1) is 11.2. The lowest BCUT2D eigenvalue weighted by Gasteiger charge is -2.15. The van der Waals surface area contributed by atoms with Crippen LogP contribution in [0.2, 0.25) is 0 Å². The van der Waals surface area contributed by atoms with E-state index in [1.165, 1.54) is 14.0 Å². The van der Waals surface area contributed by atoms with Gasteiger partial charge in [0.15, 0.2) is 0 Å². The van der Waals surface area contributed by atoms with E-state index in [4.69, 9.17) is 9.84 Å². The van der Waals surface area contributed by atoms with Gasteiger partial charge in [0.25, 0.3) is 0 Å². The fourth-order valence-electron chi connectivity index (χ4n) is 0.716. The molecule has 3 nitrogen and oxygen atoms in total. The lowest BCUT2D eigenvalue weighted by atomic mass is 10.2. The van der Waals surface area contributed by atoms with Gasteiger partial charge >= 0.3 is 0 Å². The molecule has 0 aliphatic rings. The quantitative estimate of drug-likeness (QED) is 0.488. The first-order valence-electron chi connectivity index (χ1n) is 3.86.